The van der Waals surface area contributed by atoms with Gasteiger partial charge in [0, 0.05) is 12.0 Å². The summed E-state index contributed by atoms with van der Waals surface area (Å²) in [6.45, 7) is 4.38. The predicted octanol–water partition coefficient (Wildman–Crippen LogP) is 6.04. The number of aliphatic hydroxyl groups excluding tert-OH is 1. The fourth-order valence-electron chi connectivity index (χ4n) is 3.32. The van der Waals surface area contributed by atoms with Crippen LogP contribution in [0.25, 0.3) is 0 Å². The van der Waals surface area contributed by atoms with Crippen LogP contribution in [-0.4, -0.2) is 28.4 Å². The molecule has 0 aromatic heterocycles. The Balaban J connectivity index is 2.39. The summed E-state index contributed by atoms with van der Waals surface area (Å²) in [5.41, 5.74) is 0.694. The van der Waals surface area contributed by atoms with Crippen molar-refractivity contribution in [3.05, 3.63) is 29.8 Å². The zero-order valence-electron chi connectivity index (χ0n) is 17.9. The number of rotatable bonds is 17. The molecule has 0 aliphatic rings. The molecular formula is C24H40O4. The number of benzene rings is 1. The first kappa shape index (κ1) is 24.6. The second-order valence-corrected chi connectivity index (χ2v) is 7.74. The average molecular weight is 393 g/mol. The highest BCUT2D eigenvalue weighted by Crippen LogP contribution is 2.20. The van der Waals surface area contributed by atoms with Gasteiger partial charge >= 0.3 is 0 Å². The largest absolute Gasteiger partial charge is 0.485 e. The lowest BCUT2D eigenvalue weighted by atomic mass is 10.0. The molecule has 0 fully saturated rings. The minimum Gasteiger partial charge on any atom is -0.485 e. The van der Waals surface area contributed by atoms with Crippen molar-refractivity contribution in [2.75, 3.05) is 0 Å². The van der Waals surface area contributed by atoms with E-state index in [4.69, 9.17) is 4.74 Å². The van der Waals surface area contributed by atoms with E-state index < -0.39 is 12.4 Å². The molecule has 0 aliphatic carbocycles. The Morgan fingerprint density at radius 3 is 1.93 bits per heavy atom. The number of unbranched alkanes of at least 4 members (excludes halogenated alkanes) is 9. The summed E-state index contributed by atoms with van der Waals surface area (Å²) in [6.07, 6.45) is 11.6. The van der Waals surface area contributed by atoms with E-state index in [1.165, 1.54) is 44.9 Å². The first-order chi connectivity index (χ1) is 13.6. The van der Waals surface area contributed by atoms with Crippen LogP contribution in [0.3, 0.4) is 0 Å². The van der Waals surface area contributed by atoms with Crippen LogP contribution in [0.2, 0.25) is 0 Å². The predicted molar refractivity (Wildman–Crippen MR) is 115 cm³/mol. The molecule has 1 aromatic carbocycles. The SMILES string of the molecule is CCCCCCCCC(Oc1ccc(C(=O)CCCCCCC)cc1)C(O)O. The lowest BCUT2D eigenvalue weighted by molar-refractivity contribution is -0.114. The van der Waals surface area contributed by atoms with E-state index >= 15 is 0 Å². The number of carbonyl (C=O) groups is 1. The number of hydrogen-bond donors (Lipinski definition) is 2. The molecule has 0 bridgehead atoms. The van der Waals surface area contributed by atoms with Crippen molar-refractivity contribution in [2.24, 2.45) is 0 Å². The number of hydrogen-bond acceptors (Lipinski definition) is 4. The van der Waals surface area contributed by atoms with Crippen molar-refractivity contribution in [1.29, 1.82) is 0 Å². The molecule has 0 saturated carbocycles. The van der Waals surface area contributed by atoms with Crippen molar-refractivity contribution in [3.8, 4) is 5.75 Å². The molecule has 1 unspecified atom stereocenters. The minimum atomic E-state index is -1.50. The number of carbonyl (C=O) groups excluding carboxylic acids is 1. The Morgan fingerprint density at radius 1 is 0.821 bits per heavy atom. The molecule has 0 amide bonds. The third-order valence-electron chi connectivity index (χ3n) is 5.15. The molecule has 1 rings (SSSR count). The van der Waals surface area contributed by atoms with E-state index in [2.05, 4.69) is 13.8 Å². The zero-order valence-corrected chi connectivity index (χ0v) is 17.9. The van der Waals surface area contributed by atoms with Gasteiger partial charge in [0.05, 0.1) is 0 Å². The first-order valence-corrected chi connectivity index (χ1v) is 11.2. The second-order valence-electron chi connectivity index (χ2n) is 7.74. The molecule has 28 heavy (non-hydrogen) atoms. The maximum Gasteiger partial charge on any atom is 0.189 e. The molecule has 0 saturated heterocycles. The Morgan fingerprint density at radius 2 is 1.36 bits per heavy atom. The summed E-state index contributed by atoms with van der Waals surface area (Å²) >= 11 is 0. The van der Waals surface area contributed by atoms with Gasteiger partial charge in [-0.15, -0.1) is 0 Å². The third kappa shape index (κ3) is 10.8. The van der Waals surface area contributed by atoms with Gasteiger partial charge in [0.25, 0.3) is 0 Å². The van der Waals surface area contributed by atoms with E-state index in [1.54, 1.807) is 24.3 Å². The van der Waals surface area contributed by atoms with Crippen LogP contribution in [0.4, 0.5) is 0 Å². The highest BCUT2D eigenvalue weighted by molar-refractivity contribution is 5.96. The lowest BCUT2D eigenvalue weighted by Crippen LogP contribution is -2.31. The topological polar surface area (TPSA) is 66.8 Å². The summed E-state index contributed by atoms with van der Waals surface area (Å²) in [4.78, 5) is 12.2. The number of ether oxygens (including phenoxy) is 1. The molecule has 0 radical (unpaired) electrons. The van der Waals surface area contributed by atoms with E-state index in [0.717, 1.165) is 25.7 Å². The molecule has 160 valence electrons. The van der Waals surface area contributed by atoms with Gasteiger partial charge in [0.15, 0.2) is 12.1 Å². The Kier molecular flexibility index (Phi) is 13.7. The van der Waals surface area contributed by atoms with Crippen molar-refractivity contribution in [2.45, 2.75) is 110 Å². The molecular weight excluding hydrogens is 352 g/mol. The van der Waals surface area contributed by atoms with Gasteiger partial charge in [0.2, 0.25) is 0 Å². The van der Waals surface area contributed by atoms with Gasteiger partial charge < -0.3 is 14.9 Å². The molecule has 2 N–H and O–H groups in total. The fourth-order valence-corrected chi connectivity index (χ4v) is 3.32. The number of ketones is 1. The van der Waals surface area contributed by atoms with Crippen LogP contribution in [0, 0.1) is 0 Å². The smallest absolute Gasteiger partial charge is 0.189 e. The van der Waals surface area contributed by atoms with Gasteiger partial charge in [-0.1, -0.05) is 71.6 Å². The van der Waals surface area contributed by atoms with Crippen LogP contribution in [0.15, 0.2) is 24.3 Å². The summed E-state index contributed by atoms with van der Waals surface area (Å²) in [6, 6.07) is 7.05. The summed E-state index contributed by atoms with van der Waals surface area (Å²) in [5.74, 6) is 0.734. The van der Waals surface area contributed by atoms with Gasteiger partial charge in [-0.3, -0.25) is 4.79 Å². The van der Waals surface area contributed by atoms with Crippen molar-refractivity contribution in [1.82, 2.24) is 0 Å². The molecule has 0 aliphatic heterocycles. The van der Waals surface area contributed by atoms with Crippen LogP contribution in [0.1, 0.15) is 108 Å². The Hall–Kier alpha value is -1.39. The Bertz CT molecular complexity index is 510. The second kappa shape index (κ2) is 15.5. The number of Topliss-reactive ketones (excluding diaryl/α,β-unsaturated/α-hetero) is 1. The van der Waals surface area contributed by atoms with Crippen molar-refractivity contribution < 1.29 is 19.7 Å². The normalized spacial score (nSPS) is 12.3. The van der Waals surface area contributed by atoms with Crippen LogP contribution >= 0.6 is 0 Å². The monoisotopic (exact) mass is 392 g/mol. The maximum absolute atomic E-state index is 12.2. The van der Waals surface area contributed by atoms with Gasteiger partial charge in [-0.2, -0.15) is 0 Å². The Labute approximate surface area is 171 Å². The third-order valence-corrected chi connectivity index (χ3v) is 5.15. The number of aliphatic hydroxyl groups is 2. The fraction of sp³-hybridized carbons (Fsp3) is 0.708. The summed E-state index contributed by atoms with van der Waals surface area (Å²) < 4.78 is 5.75. The van der Waals surface area contributed by atoms with E-state index in [1.807, 2.05) is 0 Å². The quantitative estimate of drug-likeness (QED) is 0.193. The summed E-state index contributed by atoms with van der Waals surface area (Å²) in [7, 11) is 0. The molecule has 0 heterocycles. The van der Waals surface area contributed by atoms with Gasteiger partial charge in [0.1, 0.15) is 11.9 Å². The molecule has 1 atom stereocenters. The molecule has 4 nitrogen and oxygen atoms in total. The average Bonchev–Trinajstić information content (AvgIpc) is 2.69. The lowest BCUT2D eigenvalue weighted by Gasteiger charge is -2.21. The van der Waals surface area contributed by atoms with Crippen LogP contribution in [-0.2, 0) is 0 Å². The molecule has 0 spiro atoms. The van der Waals surface area contributed by atoms with E-state index in [9.17, 15) is 15.0 Å². The van der Waals surface area contributed by atoms with Crippen molar-refractivity contribution in [3.63, 3.8) is 0 Å². The minimum absolute atomic E-state index is 0.161. The summed E-state index contributed by atoms with van der Waals surface area (Å²) in [5, 5.41) is 19.2. The zero-order chi connectivity index (χ0) is 20.6. The molecule has 4 heteroatoms. The van der Waals surface area contributed by atoms with E-state index in [0.29, 0.717) is 24.2 Å². The standard InChI is InChI=1S/C24H40O4/c1-3-5-7-9-11-13-15-23(24(26)27)28-21-18-16-20(17-19-21)22(25)14-12-10-8-6-4-2/h16-19,23-24,26-27H,3-15H2,1-2H3. The maximum atomic E-state index is 12.2. The van der Waals surface area contributed by atoms with E-state index in [-0.39, 0.29) is 5.78 Å². The van der Waals surface area contributed by atoms with Gasteiger partial charge in [-0.25, -0.2) is 0 Å². The highest BCUT2D eigenvalue weighted by Gasteiger charge is 2.18. The van der Waals surface area contributed by atoms with Crippen molar-refractivity contribution >= 4 is 5.78 Å². The van der Waals surface area contributed by atoms with Gasteiger partial charge in [-0.05, 0) is 43.5 Å². The molecule has 1 aromatic rings. The van der Waals surface area contributed by atoms with Crippen LogP contribution < -0.4 is 4.74 Å². The first-order valence-electron chi connectivity index (χ1n) is 11.2. The van der Waals surface area contributed by atoms with Crippen LogP contribution in [0.5, 0.6) is 5.75 Å². The highest BCUT2D eigenvalue weighted by atomic mass is 16.6.